The summed E-state index contributed by atoms with van der Waals surface area (Å²) in [7, 11) is 0. The van der Waals surface area contributed by atoms with Gasteiger partial charge in [0.05, 0.1) is 5.04 Å². The zero-order valence-corrected chi connectivity index (χ0v) is 14.1. The molecule has 0 spiro atoms. The van der Waals surface area contributed by atoms with Gasteiger partial charge in [-0.2, -0.15) is 0 Å². The van der Waals surface area contributed by atoms with Gasteiger partial charge in [0.25, 0.3) is 0 Å². The van der Waals surface area contributed by atoms with E-state index < -0.39 is 42.3 Å². The van der Waals surface area contributed by atoms with Crippen molar-refractivity contribution < 1.29 is 33.3 Å². The Morgan fingerprint density at radius 3 is 2.26 bits per heavy atom. The predicted molar refractivity (Wildman–Crippen MR) is 80.9 cm³/mol. The van der Waals surface area contributed by atoms with Crippen molar-refractivity contribution in [1.82, 2.24) is 0 Å². The van der Waals surface area contributed by atoms with Gasteiger partial charge in [-0.05, 0) is 6.92 Å². The summed E-state index contributed by atoms with van der Waals surface area (Å²) in [5, 5.41) is 0.784. The maximum atomic E-state index is 11.4. The van der Waals surface area contributed by atoms with Gasteiger partial charge in [-0.25, -0.2) is 0 Å². The van der Waals surface area contributed by atoms with Gasteiger partial charge in [-0.15, -0.1) is 0 Å². The lowest BCUT2D eigenvalue weighted by Gasteiger charge is -2.41. The Hall–Kier alpha value is -1.61. The number of carbonyl (C=O) groups is 3. The molecule has 23 heavy (non-hydrogen) atoms. The Bertz CT molecular complexity index is 535. The number of carbonyl (C=O) groups excluding carboxylic acids is 3. The predicted octanol–water partition coefficient (Wildman–Crippen LogP) is 0.672. The van der Waals surface area contributed by atoms with E-state index in [4.69, 9.17) is 18.9 Å². The molecule has 0 bridgehead atoms. The fraction of sp³-hybridized carbons (Fsp3) is 0.714. The molecule has 8 nitrogen and oxygen atoms in total. The highest BCUT2D eigenvalue weighted by Gasteiger charge is 2.52. The van der Waals surface area contributed by atoms with E-state index in [1.807, 2.05) is 6.92 Å². The van der Waals surface area contributed by atoms with Crippen LogP contribution in [-0.2, 0) is 33.3 Å². The van der Waals surface area contributed by atoms with Crippen LogP contribution in [0.5, 0.6) is 0 Å². The lowest BCUT2D eigenvalue weighted by molar-refractivity contribution is -0.208. The van der Waals surface area contributed by atoms with Crippen molar-refractivity contribution in [3.8, 4) is 0 Å². The normalized spacial score (nSPS) is 32.5. The maximum absolute atomic E-state index is 11.4. The van der Waals surface area contributed by atoms with Gasteiger partial charge in [-0.1, -0.05) is 11.8 Å². The lowest BCUT2D eigenvalue weighted by Crippen LogP contribution is -2.59. The minimum Gasteiger partial charge on any atom is -0.463 e. The third-order valence-corrected chi connectivity index (χ3v) is 4.36. The second kappa shape index (κ2) is 7.31. The Morgan fingerprint density at radius 1 is 1.09 bits per heavy atom. The monoisotopic (exact) mass is 345 g/mol. The standard InChI is InChI=1S/C14H19NO7S/c1-6-15-11-13(21-9(4)18)12(20-8(3)17)10(5-19-7(2)16)22-14(11)23-6/h10-14H,5H2,1-4H3/t10-,11-,12+,13-,14-/m1/s1. The molecule has 0 unspecified atom stereocenters. The van der Waals surface area contributed by atoms with E-state index in [0.29, 0.717) is 0 Å². The fourth-order valence-corrected chi connectivity index (χ4v) is 3.60. The van der Waals surface area contributed by atoms with Crippen molar-refractivity contribution in [3.05, 3.63) is 0 Å². The van der Waals surface area contributed by atoms with Crippen LogP contribution >= 0.6 is 11.8 Å². The second-order valence-electron chi connectivity index (χ2n) is 5.25. The number of hydrogen-bond acceptors (Lipinski definition) is 9. The van der Waals surface area contributed by atoms with Crippen LogP contribution in [-0.4, -0.2) is 59.3 Å². The molecular formula is C14H19NO7S. The van der Waals surface area contributed by atoms with Gasteiger partial charge in [0.2, 0.25) is 0 Å². The fourth-order valence-electron chi connectivity index (χ4n) is 2.53. The third-order valence-electron chi connectivity index (χ3n) is 3.29. The number of nitrogens with zero attached hydrogens (tertiary/aromatic N) is 1. The smallest absolute Gasteiger partial charge is 0.303 e. The summed E-state index contributed by atoms with van der Waals surface area (Å²) in [4.78, 5) is 38.3. The highest BCUT2D eigenvalue weighted by Crippen LogP contribution is 2.38. The topological polar surface area (TPSA) is 100 Å². The molecule has 0 radical (unpaired) electrons. The summed E-state index contributed by atoms with van der Waals surface area (Å²) >= 11 is 1.39. The number of rotatable bonds is 4. The highest BCUT2D eigenvalue weighted by atomic mass is 32.2. The summed E-state index contributed by atoms with van der Waals surface area (Å²) in [6.45, 7) is 5.51. The van der Waals surface area contributed by atoms with E-state index in [1.165, 1.54) is 32.5 Å². The van der Waals surface area contributed by atoms with Gasteiger partial charge in [0.15, 0.2) is 12.2 Å². The number of aliphatic imine (C=N–C) groups is 1. The quantitative estimate of drug-likeness (QED) is 0.541. The average molecular weight is 345 g/mol. The lowest BCUT2D eigenvalue weighted by atomic mass is 9.98. The maximum Gasteiger partial charge on any atom is 0.303 e. The van der Waals surface area contributed by atoms with Crippen molar-refractivity contribution in [2.45, 2.75) is 57.5 Å². The minimum absolute atomic E-state index is 0.103. The molecule has 2 aliphatic heterocycles. The van der Waals surface area contributed by atoms with Crippen LogP contribution in [0.4, 0.5) is 0 Å². The van der Waals surface area contributed by atoms with Crippen molar-refractivity contribution in [1.29, 1.82) is 0 Å². The Kier molecular flexibility index (Phi) is 5.64. The Morgan fingerprint density at radius 2 is 1.70 bits per heavy atom. The number of fused-ring (bicyclic) bond motifs is 1. The van der Waals surface area contributed by atoms with E-state index in [-0.39, 0.29) is 12.0 Å². The van der Waals surface area contributed by atoms with E-state index >= 15 is 0 Å². The molecule has 2 heterocycles. The molecule has 2 rings (SSSR count). The molecule has 5 atom stereocenters. The largest absolute Gasteiger partial charge is 0.463 e. The van der Waals surface area contributed by atoms with Crippen LogP contribution < -0.4 is 0 Å². The first-order valence-electron chi connectivity index (χ1n) is 7.12. The molecule has 1 fully saturated rings. The first-order valence-corrected chi connectivity index (χ1v) is 8.00. The second-order valence-corrected chi connectivity index (χ2v) is 6.54. The van der Waals surface area contributed by atoms with Crippen LogP contribution in [0.3, 0.4) is 0 Å². The van der Waals surface area contributed by atoms with Crippen molar-refractivity contribution in [2.24, 2.45) is 4.99 Å². The zero-order valence-electron chi connectivity index (χ0n) is 13.3. The number of thioether (sulfide) groups is 1. The van der Waals surface area contributed by atoms with Gasteiger partial charge >= 0.3 is 17.9 Å². The summed E-state index contributed by atoms with van der Waals surface area (Å²) in [6.07, 6.45) is -2.42. The first-order chi connectivity index (χ1) is 10.8. The molecule has 0 aromatic carbocycles. The highest BCUT2D eigenvalue weighted by molar-refractivity contribution is 8.14. The van der Waals surface area contributed by atoms with Gasteiger partial charge in [-0.3, -0.25) is 19.4 Å². The van der Waals surface area contributed by atoms with Crippen LogP contribution in [0.15, 0.2) is 4.99 Å². The van der Waals surface area contributed by atoms with Gasteiger partial charge in [0, 0.05) is 20.8 Å². The Balaban J connectivity index is 2.26. The molecule has 0 saturated carbocycles. The molecule has 128 valence electrons. The first kappa shape index (κ1) is 17.7. The summed E-state index contributed by atoms with van der Waals surface area (Å²) in [5.74, 6) is -1.54. The van der Waals surface area contributed by atoms with E-state index in [1.54, 1.807) is 0 Å². The average Bonchev–Trinajstić information content (AvgIpc) is 2.78. The molecule has 0 aromatic rings. The van der Waals surface area contributed by atoms with Crippen molar-refractivity contribution in [3.63, 3.8) is 0 Å². The van der Waals surface area contributed by atoms with Crippen LogP contribution in [0.1, 0.15) is 27.7 Å². The molecule has 0 aromatic heterocycles. The summed E-state index contributed by atoms with van der Waals surface area (Å²) in [6, 6.07) is -0.471. The minimum atomic E-state index is -0.896. The molecule has 0 N–H and O–H groups in total. The zero-order chi connectivity index (χ0) is 17.1. The number of esters is 3. The molecule has 1 saturated heterocycles. The van der Waals surface area contributed by atoms with E-state index in [0.717, 1.165) is 5.04 Å². The molecule has 9 heteroatoms. The molecule has 0 aliphatic carbocycles. The molecule has 0 amide bonds. The number of hydrogen-bond donors (Lipinski definition) is 0. The molecular weight excluding hydrogens is 326 g/mol. The molecule has 2 aliphatic rings. The van der Waals surface area contributed by atoms with Crippen LogP contribution in [0.25, 0.3) is 0 Å². The summed E-state index contributed by atoms with van der Waals surface area (Å²) in [5.41, 5.74) is -0.383. The van der Waals surface area contributed by atoms with E-state index in [9.17, 15) is 14.4 Å². The SMILES string of the molecule is CC(=O)OC[C@H]1O[C@@H]2SC(C)=N[C@@H]2[C@@H](OC(C)=O)[C@H]1OC(C)=O. The Labute approximate surface area is 137 Å². The van der Waals surface area contributed by atoms with Gasteiger partial charge in [0.1, 0.15) is 24.2 Å². The third kappa shape index (κ3) is 4.44. The van der Waals surface area contributed by atoms with E-state index in [2.05, 4.69) is 4.99 Å². The van der Waals surface area contributed by atoms with Gasteiger partial charge < -0.3 is 18.9 Å². The summed E-state index contributed by atoms with van der Waals surface area (Å²) < 4.78 is 21.5. The number of ether oxygens (including phenoxy) is 4. The van der Waals surface area contributed by atoms with Crippen LogP contribution in [0, 0.1) is 0 Å². The van der Waals surface area contributed by atoms with Crippen molar-refractivity contribution in [2.75, 3.05) is 6.61 Å². The van der Waals surface area contributed by atoms with Crippen molar-refractivity contribution >= 4 is 34.7 Å². The van der Waals surface area contributed by atoms with Crippen LogP contribution in [0.2, 0.25) is 0 Å².